The Balaban J connectivity index is 0.971. The predicted octanol–water partition coefficient (Wildman–Crippen LogP) is 15.1. The Morgan fingerprint density at radius 2 is 0.778 bits per heavy atom. The van der Waals surface area contributed by atoms with Gasteiger partial charge in [0.05, 0.1) is 11.0 Å². The molecule has 0 amide bonds. The third-order valence-electron chi connectivity index (χ3n) is 12.2. The SMILES string of the molecule is c1ccc(-c2cccc3c4cc(-c5cccc(-c6nc(-c7ccc8c(c7)oc7ccccc78)nc(-c7ccc8c(c7)oc7ccccc78)n6)c5)ccc4n(-c4ccccc4)c23)cc1. The van der Waals surface area contributed by atoms with Gasteiger partial charge in [0.15, 0.2) is 17.5 Å². The summed E-state index contributed by atoms with van der Waals surface area (Å²) in [5, 5.41) is 6.63. The van der Waals surface area contributed by atoms with Crippen LogP contribution in [0.1, 0.15) is 0 Å². The normalized spacial score (nSPS) is 11.8. The molecule has 13 aromatic rings. The highest BCUT2D eigenvalue weighted by Gasteiger charge is 2.19. The monoisotopic (exact) mass is 806 g/mol. The first-order chi connectivity index (χ1) is 31.2. The Labute approximate surface area is 361 Å². The van der Waals surface area contributed by atoms with E-state index in [9.17, 15) is 0 Å². The van der Waals surface area contributed by atoms with Crippen LogP contribution in [-0.4, -0.2) is 19.5 Å². The van der Waals surface area contributed by atoms with Crippen LogP contribution in [0.2, 0.25) is 0 Å². The molecule has 0 N–H and O–H groups in total. The van der Waals surface area contributed by atoms with Crippen molar-refractivity contribution < 1.29 is 8.83 Å². The lowest BCUT2D eigenvalue weighted by molar-refractivity contribution is 0.668. The van der Waals surface area contributed by atoms with Crippen molar-refractivity contribution in [1.82, 2.24) is 19.5 Å². The van der Waals surface area contributed by atoms with Crippen LogP contribution in [0.4, 0.5) is 0 Å². The second-order valence-electron chi connectivity index (χ2n) is 16.0. The Morgan fingerprint density at radius 3 is 1.43 bits per heavy atom. The van der Waals surface area contributed by atoms with Crippen molar-refractivity contribution >= 4 is 65.7 Å². The van der Waals surface area contributed by atoms with Crippen LogP contribution in [0.15, 0.2) is 215 Å². The summed E-state index contributed by atoms with van der Waals surface area (Å²) in [5.74, 6) is 1.68. The molecule has 0 spiro atoms. The molecule has 0 atom stereocenters. The highest BCUT2D eigenvalue weighted by Crippen LogP contribution is 2.41. The van der Waals surface area contributed by atoms with E-state index in [1.54, 1.807) is 0 Å². The largest absolute Gasteiger partial charge is 0.456 e. The number of rotatable bonds is 6. The first-order valence-electron chi connectivity index (χ1n) is 21.1. The van der Waals surface area contributed by atoms with Gasteiger partial charge in [-0.25, -0.2) is 15.0 Å². The van der Waals surface area contributed by atoms with Gasteiger partial charge in [-0.15, -0.1) is 0 Å². The van der Waals surface area contributed by atoms with Crippen molar-refractivity contribution in [2.75, 3.05) is 0 Å². The summed E-state index contributed by atoms with van der Waals surface area (Å²) in [7, 11) is 0. The van der Waals surface area contributed by atoms with Gasteiger partial charge in [0, 0.05) is 60.3 Å². The fourth-order valence-electron chi connectivity index (χ4n) is 9.28. The maximum Gasteiger partial charge on any atom is 0.164 e. The second-order valence-corrected chi connectivity index (χ2v) is 16.0. The first-order valence-corrected chi connectivity index (χ1v) is 21.1. The molecule has 6 heteroatoms. The van der Waals surface area contributed by atoms with E-state index in [4.69, 9.17) is 23.8 Å². The zero-order valence-corrected chi connectivity index (χ0v) is 33.7. The van der Waals surface area contributed by atoms with Gasteiger partial charge >= 0.3 is 0 Å². The first kappa shape index (κ1) is 35.2. The van der Waals surface area contributed by atoms with E-state index < -0.39 is 0 Å². The summed E-state index contributed by atoms with van der Waals surface area (Å²) in [5.41, 5.74) is 13.8. The molecule has 0 saturated heterocycles. The number of benzene rings is 9. The lowest BCUT2D eigenvalue weighted by atomic mass is 9.99. The molecule has 63 heavy (non-hydrogen) atoms. The Morgan fingerprint density at radius 1 is 0.302 bits per heavy atom. The van der Waals surface area contributed by atoms with E-state index in [0.29, 0.717) is 17.5 Å². The van der Waals surface area contributed by atoms with E-state index in [2.05, 4.69) is 162 Å². The molecular formula is C57H34N4O2. The second kappa shape index (κ2) is 14.0. The molecule has 6 nitrogen and oxygen atoms in total. The Hall–Kier alpha value is -8.61. The molecule has 294 valence electrons. The summed E-state index contributed by atoms with van der Waals surface area (Å²) in [6, 6.07) is 71.8. The molecule has 0 fully saturated rings. The zero-order valence-electron chi connectivity index (χ0n) is 33.7. The maximum absolute atomic E-state index is 6.31. The minimum atomic E-state index is 0.553. The highest BCUT2D eigenvalue weighted by molar-refractivity contribution is 6.15. The fraction of sp³-hybridized carbons (Fsp3) is 0. The van der Waals surface area contributed by atoms with Crippen LogP contribution < -0.4 is 0 Å². The highest BCUT2D eigenvalue weighted by atomic mass is 16.3. The number of hydrogen-bond acceptors (Lipinski definition) is 5. The molecule has 0 saturated carbocycles. The summed E-state index contributed by atoms with van der Waals surface area (Å²) in [6.07, 6.45) is 0. The van der Waals surface area contributed by atoms with Crippen molar-refractivity contribution in [2.24, 2.45) is 0 Å². The molecule has 0 aliphatic carbocycles. The van der Waals surface area contributed by atoms with Gasteiger partial charge in [-0.1, -0.05) is 140 Å². The van der Waals surface area contributed by atoms with Crippen molar-refractivity contribution in [2.45, 2.75) is 0 Å². The Bertz CT molecular complexity index is 3790. The standard InChI is InChI=1S/C57H34N4O2/c1-3-13-35(14-4-1)42-21-12-22-47-48-32-37(27-30-49(48)61(54(42)47)41-17-5-2-6-18-41)36-15-11-16-38(31-36)55-58-56(39-25-28-45-43-19-7-9-23-50(43)62-52(45)33-39)60-57(59-55)40-26-29-46-44-20-8-10-24-51(44)63-53(46)34-40/h1-34H. The van der Waals surface area contributed by atoms with Gasteiger partial charge in [0.2, 0.25) is 0 Å². The maximum atomic E-state index is 6.31. The van der Waals surface area contributed by atoms with E-state index in [-0.39, 0.29) is 0 Å². The van der Waals surface area contributed by atoms with Crippen LogP contribution in [0, 0.1) is 0 Å². The average Bonchev–Trinajstić information content (AvgIpc) is 4.03. The number of furan rings is 2. The minimum absolute atomic E-state index is 0.553. The number of fused-ring (bicyclic) bond motifs is 9. The number of aromatic nitrogens is 4. The van der Waals surface area contributed by atoms with E-state index >= 15 is 0 Å². The molecule has 0 unspecified atom stereocenters. The van der Waals surface area contributed by atoms with Gasteiger partial charge in [-0.3, -0.25) is 0 Å². The van der Waals surface area contributed by atoms with Crippen LogP contribution in [0.3, 0.4) is 0 Å². The van der Waals surface area contributed by atoms with Crippen molar-refractivity contribution in [3.63, 3.8) is 0 Å². The van der Waals surface area contributed by atoms with Gasteiger partial charge in [-0.05, 0) is 83.4 Å². The molecule has 13 rings (SSSR count). The molecule has 4 heterocycles. The van der Waals surface area contributed by atoms with Crippen molar-refractivity contribution in [3.05, 3.63) is 206 Å². The van der Waals surface area contributed by atoms with Gasteiger partial charge in [-0.2, -0.15) is 0 Å². The molecule has 0 bridgehead atoms. The van der Waals surface area contributed by atoms with Crippen molar-refractivity contribution in [1.29, 1.82) is 0 Å². The van der Waals surface area contributed by atoms with Crippen LogP contribution in [0.5, 0.6) is 0 Å². The molecule has 0 aliphatic rings. The van der Waals surface area contributed by atoms with Gasteiger partial charge < -0.3 is 13.4 Å². The Kier molecular flexibility index (Phi) is 7.80. The average molecular weight is 807 g/mol. The number of nitrogens with zero attached hydrogens (tertiary/aromatic N) is 4. The third-order valence-corrected chi connectivity index (χ3v) is 12.2. The topological polar surface area (TPSA) is 69.9 Å². The molecule has 0 radical (unpaired) electrons. The lowest BCUT2D eigenvalue weighted by Crippen LogP contribution is -2.00. The molecule has 9 aromatic carbocycles. The predicted molar refractivity (Wildman–Crippen MR) is 256 cm³/mol. The minimum Gasteiger partial charge on any atom is -0.456 e. The van der Waals surface area contributed by atoms with Gasteiger partial charge in [0.1, 0.15) is 22.3 Å². The van der Waals surface area contributed by atoms with E-state index in [1.165, 1.54) is 27.4 Å². The van der Waals surface area contributed by atoms with Crippen LogP contribution >= 0.6 is 0 Å². The summed E-state index contributed by atoms with van der Waals surface area (Å²) < 4.78 is 15.0. The smallest absolute Gasteiger partial charge is 0.164 e. The zero-order chi connectivity index (χ0) is 41.4. The molecule has 4 aromatic heterocycles. The van der Waals surface area contributed by atoms with Gasteiger partial charge in [0.25, 0.3) is 0 Å². The summed E-state index contributed by atoms with van der Waals surface area (Å²) in [6.45, 7) is 0. The number of hydrogen-bond donors (Lipinski definition) is 0. The summed E-state index contributed by atoms with van der Waals surface area (Å²) >= 11 is 0. The summed E-state index contributed by atoms with van der Waals surface area (Å²) in [4.78, 5) is 15.4. The lowest BCUT2D eigenvalue weighted by Gasteiger charge is -2.12. The molecular weight excluding hydrogens is 773 g/mol. The van der Waals surface area contributed by atoms with Crippen LogP contribution in [-0.2, 0) is 0 Å². The fourth-order valence-corrected chi connectivity index (χ4v) is 9.28. The van der Waals surface area contributed by atoms with Crippen molar-refractivity contribution in [3.8, 4) is 62.1 Å². The molecule has 0 aliphatic heterocycles. The number of para-hydroxylation sites is 4. The van der Waals surface area contributed by atoms with Crippen LogP contribution in [0.25, 0.3) is 128 Å². The third kappa shape index (κ3) is 5.76. The van der Waals surface area contributed by atoms with E-state index in [0.717, 1.165) is 82.9 Å². The van der Waals surface area contributed by atoms with E-state index in [1.807, 2.05) is 48.5 Å². The quantitative estimate of drug-likeness (QED) is 0.167.